The van der Waals surface area contributed by atoms with Crippen molar-refractivity contribution in [3.63, 3.8) is 0 Å². The molecule has 1 aromatic carbocycles. The molecule has 19 heteroatoms. The quantitative estimate of drug-likeness (QED) is 0.0255. The smallest absolute Gasteiger partial charge is 0.257 e. The van der Waals surface area contributed by atoms with Crippen molar-refractivity contribution in [1.29, 1.82) is 0 Å². The van der Waals surface area contributed by atoms with Crippen molar-refractivity contribution in [3.05, 3.63) is 28.8 Å². The van der Waals surface area contributed by atoms with Crippen molar-refractivity contribution in [3.8, 4) is 0 Å². The summed E-state index contributed by atoms with van der Waals surface area (Å²) in [4.78, 5) is 11.9. The first-order chi connectivity index (χ1) is 20.9. The molecule has 0 spiro atoms. The van der Waals surface area contributed by atoms with Crippen LogP contribution in [-0.2, 0) is 28.4 Å². The van der Waals surface area contributed by atoms with E-state index in [1.54, 1.807) is 0 Å². The highest BCUT2D eigenvalue weighted by Gasteiger charge is 2.46. The maximum Gasteiger partial charge on any atom is 0.257 e. The van der Waals surface area contributed by atoms with Crippen molar-refractivity contribution in [1.82, 2.24) is 5.32 Å². The van der Waals surface area contributed by atoms with Crippen molar-refractivity contribution in [2.45, 2.75) is 56.1 Å². The summed E-state index contributed by atoms with van der Waals surface area (Å²) in [6.07, 6.45) is -11.0. The molecular formula is C25H38F4N2O13. The molecule has 9 N–H and O–H groups in total. The highest BCUT2D eigenvalue weighted by atomic mass is 19.2. The van der Waals surface area contributed by atoms with E-state index < -0.39 is 109 Å². The SMILES string of the molecule is CC(O)C(CO)OC(CO)OC1C(CO)OC(OCCOCCOCCNC(=O)c2c(F)c(F)c(N)c(F)c2F)C(O)C1O. The zero-order chi connectivity index (χ0) is 33.0. The number of rotatable bonds is 19. The molecular weight excluding hydrogens is 612 g/mol. The van der Waals surface area contributed by atoms with Gasteiger partial charge in [-0.1, -0.05) is 0 Å². The highest BCUT2D eigenvalue weighted by Crippen LogP contribution is 2.27. The van der Waals surface area contributed by atoms with Crippen LogP contribution in [0.2, 0.25) is 0 Å². The summed E-state index contributed by atoms with van der Waals surface area (Å²) in [7, 11) is 0. The predicted octanol–water partition coefficient (Wildman–Crippen LogP) is -2.49. The minimum Gasteiger partial charge on any atom is -0.394 e. The number of nitrogens with two attached hydrogens (primary N) is 1. The summed E-state index contributed by atoms with van der Waals surface area (Å²) in [6, 6.07) is 0. The van der Waals surface area contributed by atoms with Crippen LogP contribution in [-0.4, -0.2) is 145 Å². The van der Waals surface area contributed by atoms with Crippen LogP contribution in [0.4, 0.5) is 23.2 Å². The lowest BCUT2D eigenvalue weighted by molar-refractivity contribution is -0.335. The van der Waals surface area contributed by atoms with Gasteiger partial charge in [0.1, 0.15) is 41.8 Å². The normalized spacial score (nSPS) is 24.2. The number of carbonyl (C=O) groups is 1. The Morgan fingerprint density at radius 3 is 2.07 bits per heavy atom. The molecule has 0 aliphatic carbocycles. The summed E-state index contributed by atoms with van der Waals surface area (Å²) in [5.41, 5.74) is 2.05. The van der Waals surface area contributed by atoms with Gasteiger partial charge in [0.2, 0.25) is 0 Å². The van der Waals surface area contributed by atoms with E-state index >= 15 is 0 Å². The standard InChI is InChI=1S/C25H38F4N2O13/c1-11(35)12(8-32)42-14(10-34)44-23-13(9-33)43-25(22(37)21(23)36)41-7-6-40-5-4-39-3-2-31-24(38)15-16(26)18(28)20(30)19(29)17(15)27/h11-14,21-23,25,32-37H,2-10,30H2,1H3,(H,31,38). The lowest BCUT2D eigenvalue weighted by Crippen LogP contribution is -2.61. The minimum atomic E-state index is -1.93. The van der Waals surface area contributed by atoms with E-state index in [-0.39, 0.29) is 39.6 Å². The third-order valence-electron chi connectivity index (χ3n) is 6.26. The molecule has 0 bridgehead atoms. The highest BCUT2D eigenvalue weighted by molar-refractivity contribution is 5.95. The first kappa shape index (κ1) is 37.9. The fraction of sp³-hybridized carbons (Fsp3) is 0.720. The summed E-state index contributed by atoms with van der Waals surface area (Å²) >= 11 is 0. The van der Waals surface area contributed by atoms with E-state index in [4.69, 9.17) is 34.2 Å². The molecule has 1 aliphatic rings. The Labute approximate surface area is 249 Å². The number of aliphatic hydroxyl groups excluding tert-OH is 6. The number of amides is 1. The fourth-order valence-corrected chi connectivity index (χ4v) is 3.87. The third-order valence-corrected chi connectivity index (χ3v) is 6.26. The van der Waals surface area contributed by atoms with E-state index in [2.05, 4.69) is 0 Å². The van der Waals surface area contributed by atoms with Gasteiger partial charge in [-0.3, -0.25) is 4.79 Å². The van der Waals surface area contributed by atoms with Crippen molar-refractivity contribution in [2.24, 2.45) is 0 Å². The number of hydrogen-bond acceptors (Lipinski definition) is 14. The third kappa shape index (κ3) is 10.1. The van der Waals surface area contributed by atoms with E-state index in [1.807, 2.05) is 5.32 Å². The molecule has 0 radical (unpaired) electrons. The zero-order valence-electron chi connectivity index (χ0n) is 23.6. The molecule has 1 aliphatic heterocycles. The van der Waals surface area contributed by atoms with Gasteiger partial charge in [-0.15, -0.1) is 0 Å². The van der Waals surface area contributed by atoms with Gasteiger partial charge in [0.05, 0.1) is 59.0 Å². The van der Waals surface area contributed by atoms with Crippen LogP contribution in [0.1, 0.15) is 17.3 Å². The average molecular weight is 651 g/mol. The lowest BCUT2D eigenvalue weighted by Gasteiger charge is -2.42. The summed E-state index contributed by atoms with van der Waals surface area (Å²) in [5.74, 6) is -9.05. The largest absolute Gasteiger partial charge is 0.394 e. The van der Waals surface area contributed by atoms with Gasteiger partial charge in [-0.25, -0.2) is 17.6 Å². The van der Waals surface area contributed by atoms with Gasteiger partial charge < -0.3 is 70.1 Å². The second-order valence-corrected chi connectivity index (χ2v) is 9.41. The molecule has 1 fully saturated rings. The Balaban J connectivity index is 1.68. The van der Waals surface area contributed by atoms with Crippen LogP contribution in [0, 0.1) is 23.3 Å². The van der Waals surface area contributed by atoms with Gasteiger partial charge in [0.25, 0.3) is 5.91 Å². The van der Waals surface area contributed by atoms with Gasteiger partial charge in [0, 0.05) is 6.54 Å². The monoisotopic (exact) mass is 650 g/mol. The average Bonchev–Trinajstić information content (AvgIpc) is 3.00. The maximum absolute atomic E-state index is 13.8. The summed E-state index contributed by atoms with van der Waals surface area (Å²) < 4.78 is 86.6. The lowest BCUT2D eigenvalue weighted by atomic mass is 9.99. The molecule has 2 rings (SSSR count). The number of benzene rings is 1. The van der Waals surface area contributed by atoms with Crippen molar-refractivity contribution in [2.75, 3.05) is 65.1 Å². The number of nitrogen functional groups attached to an aromatic ring is 1. The Bertz CT molecular complexity index is 1010. The molecule has 254 valence electrons. The van der Waals surface area contributed by atoms with Crippen LogP contribution >= 0.6 is 0 Å². The molecule has 1 aromatic rings. The molecule has 1 saturated heterocycles. The van der Waals surface area contributed by atoms with Crippen molar-refractivity contribution < 1.29 is 81.4 Å². The van der Waals surface area contributed by atoms with E-state index in [0.29, 0.717) is 0 Å². The molecule has 8 atom stereocenters. The van der Waals surface area contributed by atoms with Crippen molar-refractivity contribution >= 4 is 11.6 Å². The van der Waals surface area contributed by atoms with Gasteiger partial charge in [-0.2, -0.15) is 0 Å². The first-order valence-corrected chi connectivity index (χ1v) is 13.4. The first-order valence-electron chi connectivity index (χ1n) is 13.4. The number of anilines is 1. The Morgan fingerprint density at radius 1 is 0.932 bits per heavy atom. The van der Waals surface area contributed by atoms with Crippen LogP contribution in [0.25, 0.3) is 0 Å². The molecule has 1 amide bonds. The number of hydrogen-bond donors (Lipinski definition) is 8. The predicted molar refractivity (Wildman–Crippen MR) is 138 cm³/mol. The van der Waals surface area contributed by atoms with Crippen LogP contribution in [0.3, 0.4) is 0 Å². The maximum atomic E-state index is 13.8. The van der Waals surface area contributed by atoms with Gasteiger partial charge in [0.15, 0.2) is 35.8 Å². The number of halogens is 4. The summed E-state index contributed by atoms with van der Waals surface area (Å²) in [6.45, 7) is -1.28. The molecule has 44 heavy (non-hydrogen) atoms. The molecule has 1 heterocycles. The van der Waals surface area contributed by atoms with E-state index in [0.717, 1.165) is 0 Å². The minimum absolute atomic E-state index is 0.00309. The van der Waals surface area contributed by atoms with Crippen LogP contribution in [0.15, 0.2) is 0 Å². The number of ether oxygens (including phenoxy) is 6. The Morgan fingerprint density at radius 2 is 1.52 bits per heavy atom. The van der Waals surface area contributed by atoms with E-state index in [9.17, 15) is 53.0 Å². The summed E-state index contributed by atoms with van der Waals surface area (Å²) in [5, 5.41) is 61.1. The van der Waals surface area contributed by atoms with E-state index in [1.165, 1.54) is 6.92 Å². The van der Waals surface area contributed by atoms with Gasteiger partial charge >= 0.3 is 0 Å². The van der Waals surface area contributed by atoms with Gasteiger partial charge in [-0.05, 0) is 6.92 Å². The zero-order valence-corrected chi connectivity index (χ0v) is 23.6. The second kappa shape index (κ2) is 18.6. The Hall–Kier alpha value is -2.27. The Kier molecular flexibility index (Phi) is 16.1. The number of carbonyl (C=O) groups excluding carboxylic acids is 1. The number of nitrogens with one attached hydrogen (secondary N) is 1. The topological polar surface area (TPSA) is 232 Å². The van der Waals surface area contributed by atoms with Crippen LogP contribution < -0.4 is 11.1 Å². The molecule has 0 aromatic heterocycles. The molecule has 15 nitrogen and oxygen atoms in total. The number of aliphatic hydroxyl groups is 6. The second-order valence-electron chi connectivity index (χ2n) is 9.41. The fourth-order valence-electron chi connectivity index (χ4n) is 3.87. The molecule has 0 saturated carbocycles. The van der Waals surface area contributed by atoms with Crippen LogP contribution in [0.5, 0.6) is 0 Å². The molecule has 8 unspecified atom stereocenters.